The number of ether oxygens (including phenoxy) is 1. The van der Waals surface area contributed by atoms with E-state index in [0.29, 0.717) is 12.2 Å². The van der Waals surface area contributed by atoms with Gasteiger partial charge in [-0.2, -0.15) is 0 Å². The van der Waals surface area contributed by atoms with E-state index in [9.17, 15) is 9.59 Å². The Labute approximate surface area is 146 Å². The van der Waals surface area contributed by atoms with Crippen LogP contribution in [0.15, 0.2) is 24.3 Å². The van der Waals surface area contributed by atoms with Crippen LogP contribution in [0.5, 0.6) is 0 Å². The highest BCUT2D eigenvalue weighted by molar-refractivity contribution is 5.96. The second-order valence-electron chi connectivity index (χ2n) is 6.18. The molecule has 1 amide bonds. The minimum Gasteiger partial charge on any atom is -0.464 e. The molecule has 1 aromatic rings. The van der Waals surface area contributed by atoms with Crippen molar-refractivity contribution in [1.29, 1.82) is 0 Å². The fourth-order valence-corrected chi connectivity index (χ4v) is 2.41. The fourth-order valence-electron chi connectivity index (χ4n) is 2.41. The predicted octanol–water partition coefficient (Wildman–Crippen LogP) is 4.27. The average Bonchev–Trinajstić information content (AvgIpc) is 2.60. The van der Waals surface area contributed by atoms with Gasteiger partial charge in [0.1, 0.15) is 6.04 Å². The molecule has 1 N–H and O–H groups in total. The summed E-state index contributed by atoms with van der Waals surface area (Å²) < 4.78 is 5.23. The van der Waals surface area contributed by atoms with Gasteiger partial charge in [0.15, 0.2) is 0 Å². The van der Waals surface area contributed by atoms with Gasteiger partial charge >= 0.3 is 5.97 Å². The van der Waals surface area contributed by atoms with Gasteiger partial charge in [-0.3, -0.25) is 4.79 Å². The Balaban J connectivity index is 2.26. The summed E-state index contributed by atoms with van der Waals surface area (Å²) in [5.74, 6) is -0.622. The fraction of sp³-hybridized carbons (Fsp3) is 0.600. The molecule has 4 nitrogen and oxygen atoms in total. The summed E-state index contributed by atoms with van der Waals surface area (Å²) in [5, 5.41) is 2.69. The van der Waals surface area contributed by atoms with Crippen LogP contribution < -0.4 is 5.32 Å². The minimum absolute atomic E-state index is 0.248. The van der Waals surface area contributed by atoms with E-state index in [2.05, 4.69) is 19.2 Å². The molecular weight excluding hydrogens is 302 g/mol. The normalized spacial score (nSPS) is 11.8. The van der Waals surface area contributed by atoms with Crippen molar-refractivity contribution >= 4 is 11.9 Å². The Hall–Kier alpha value is -1.84. The Morgan fingerprint density at radius 3 is 2.25 bits per heavy atom. The van der Waals surface area contributed by atoms with Crippen molar-refractivity contribution in [3.05, 3.63) is 35.4 Å². The van der Waals surface area contributed by atoms with Crippen molar-refractivity contribution in [2.75, 3.05) is 6.61 Å². The van der Waals surface area contributed by atoms with Crippen molar-refractivity contribution in [3.63, 3.8) is 0 Å². The molecule has 1 atom stereocenters. The number of esters is 1. The second kappa shape index (κ2) is 11.7. The third-order valence-corrected chi connectivity index (χ3v) is 4.07. The zero-order chi connectivity index (χ0) is 17.8. The first-order valence-electron chi connectivity index (χ1n) is 9.14. The highest BCUT2D eigenvalue weighted by Gasteiger charge is 2.17. The number of nitrogens with one attached hydrogen (secondary N) is 1. The lowest BCUT2D eigenvalue weighted by molar-refractivity contribution is -0.145. The predicted molar refractivity (Wildman–Crippen MR) is 97.1 cm³/mol. The quantitative estimate of drug-likeness (QED) is 0.486. The molecule has 0 spiro atoms. The molecule has 0 aliphatic carbocycles. The number of carbonyl (C=O) groups is 2. The van der Waals surface area contributed by atoms with Crippen molar-refractivity contribution < 1.29 is 14.3 Å². The smallest absolute Gasteiger partial charge is 0.328 e. The Bertz CT molecular complexity index is 496. The van der Waals surface area contributed by atoms with Crippen LogP contribution in [0.2, 0.25) is 0 Å². The van der Waals surface area contributed by atoms with Crippen LogP contribution in [-0.2, 0) is 16.0 Å². The SMILES string of the molecule is CCCCCCCCOC(=O)[C@H](C)NC(=O)c1ccc(CC)cc1. The standard InChI is InChI=1S/C20H31NO3/c1-4-6-7-8-9-10-15-24-20(23)16(3)21-19(22)18-13-11-17(5-2)12-14-18/h11-14,16H,4-10,15H2,1-3H3,(H,21,22)/t16-/m0/s1. The zero-order valence-electron chi connectivity index (χ0n) is 15.3. The monoisotopic (exact) mass is 333 g/mol. The molecule has 0 aliphatic heterocycles. The van der Waals surface area contributed by atoms with Gasteiger partial charge in [-0.15, -0.1) is 0 Å². The molecule has 24 heavy (non-hydrogen) atoms. The Morgan fingerprint density at radius 2 is 1.62 bits per heavy atom. The van der Waals surface area contributed by atoms with Gasteiger partial charge in [-0.25, -0.2) is 4.79 Å². The summed E-state index contributed by atoms with van der Waals surface area (Å²) in [4.78, 5) is 24.0. The van der Waals surface area contributed by atoms with E-state index in [-0.39, 0.29) is 11.9 Å². The van der Waals surface area contributed by atoms with Crippen LogP contribution in [0.4, 0.5) is 0 Å². The van der Waals surface area contributed by atoms with Gasteiger partial charge in [-0.05, 0) is 37.5 Å². The molecule has 134 valence electrons. The summed E-state index contributed by atoms with van der Waals surface area (Å²) >= 11 is 0. The van der Waals surface area contributed by atoms with Gasteiger partial charge < -0.3 is 10.1 Å². The van der Waals surface area contributed by atoms with Gasteiger partial charge in [0, 0.05) is 5.56 Å². The topological polar surface area (TPSA) is 55.4 Å². The minimum atomic E-state index is -0.636. The zero-order valence-corrected chi connectivity index (χ0v) is 15.3. The van der Waals surface area contributed by atoms with Crippen molar-refractivity contribution in [2.45, 2.75) is 71.8 Å². The van der Waals surface area contributed by atoms with Crippen molar-refractivity contribution in [1.82, 2.24) is 5.32 Å². The summed E-state index contributed by atoms with van der Waals surface area (Å²) in [6, 6.07) is 6.78. The van der Waals surface area contributed by atoms with E-state index in [0.717, 1.165) is 19.3 Å². The molecule has 0 saturated carbocycles. The number of rotatable bonds is 11. The van der Waals surface area contributed by atoms with Crippen LogP contribution >= 0.6 is 0 Å². The van der Waals surface area contributed by atoms with Crippen LogP contribution in [0.25, 0.3) is 0 Å². The first-order chi connectivity index (χ1) is 11.6. The highest BCUT2D eigenvalue weighted by atomic mass is 16.5. The van der Waals surface area contributed by atoms with Crippen molar-refractivity contribution in [3.8, 4) is 0 Å². The number of amides is 1. The highest BCUT2D eigenvalue weighted by Crippen LogP contribution is 2.07. The van der Waals surface area contributed by atoms with Crippen molar-refractivity contribution in [2.24, 2.45) is 0 Å². The number of carbonyl (C=O) groups excluding carboxylic acids is 2. The molecule has 0 unspecified atom stereocenters. The molecule has 4 heteroatoms. The molecule has 1 rings (SSSR count). The number of hydrogen-bond acceptors (Lipinski definition) is 3. The molecule has 0 saturated heterocycles. The third kappa shape index (κ3) is 7.62. The van der Waals surface area contributed by atoms with Gasteiger partial charge in [0.05, 0.1) is 6.61 Å². The molecular formula is C20H31NO3. The first kappa shape index (κ1) is 20.2. The first-order valence-corrected chi connectivity index (χ1v) is 9.14. The number of unbranched alkanes of at least 4 members (excludes halogenated alkanes) is 5. The largest absolute Gasteiger partial charge is 0.464 e. The average molecular weight is 333 g/mol. The summed E-state index contributed by atoms with van der Waals surface area (Å²) in [6.07, 6.45) is 7.82. The van der Waals surface area contributed by atoms with Crippen LogP contribution in [0.3, 0.4) is 0 Å². The van der Waals surface area contributed by atoms with E-state index >= 15 is 0 Å². The van der Waals surface area contributed by atoms with E-state index in [4.69, 9.17) is 4.74 Å². The van der Waals surface area contributed by atoms with Crippen LogP contribution in [0, 0.1) is 0 Å². The number of hydrogen-bond donors (Lipinski definition) is 1. The van der Waals surface area contributed by atoms with Gasteiger partial charge in [0.25, 0.3) is 5.91 Å². The van der Waals surface area contributed by atoms with Gasteiger partial charge in [0.2, 0.25) is 0 Å². The number of benzene rings is 1. The molecule has 0 aliphatic rings. The van der Waals surface area contributed by atoms with Crippen LogP contribution in [0.1, 0.15) is 75.2 Å². The van der Waals surface area contributed by atoms with E-state index in [1.54, 1.807) is 19.1 Å². The third-order valence-electron chi connectivity index (χ3n) is 4.07. The Morgan fingerprint density at radius 1 is 1.00 bits per heavy atom. The van der Waals surface area contributed by atoms with E-state index in [1.165, 1.54) is 31.2 Å². The molecule has 0 radical (unpaired) electrons. The molecule has 1 aromatic carbocycles. The summed E-state index contributed by atoms with van der Waals surface area (Å²) in [6.45, 7) is 6.34. The molecule has 0 fully saturated rings. The lowest BCUT2D eigenvalue weighted by Crippen LogP contribution is -2.39. The molecule has 0 aromatic heterocycles. The molecule has 0 heterocycles. The maximum Gasteiger partial charge on any atom is 0.328 e. The second-order valence-corrected chi connectivity index (χ2v) is 6.18. The summed E-state index contributed by atoms with van der Waals surface area (Å²) in [7, 11) is 0. The lowest BCUT2D eigenvalue weighted by Gasteiger charge is -2.13. The Kier molecular flexibility index (Phi) is 9.81. The maximum atomic E-state index is 12.1. The maximum absolute atomic E-state index is 12.1. The van der Waals surface area contributed by atoms with Crippen LogP contribution in [-0.4, -0.2) is 24.5 Å². The van der Waals surface area contributed by atoms with Gasteiger partial charge in [-0.1, -0.05) is 58.1 Å². The van der Waals surface area contributed by atoms with E-state index in [1.807, 2.05) is 12.1 Å². The lowest BCUT2D eigenvalue weighted by atomic mass is 10.1. The summed E-state index contributed by atoms with van der Waals surface area (Å²) in [5.41, 5.74) is 1.74. The van der Waals surface area contributed by atoms with E-state index < -0.39 is 6.04 Å². The molecule has 0 bridgehead atoms. The number of aryl methyl sites for hydroxylation is 1.